The van der Waals surface area contributed by atoms with E-state index in [1.54, 1.807) is 4.90 Å². The number of nitrogens with zero attached hydrogens (tertiary/aromatic N) is 2. The topological polar surface area (TPSA) is 57.7 Å². The summed E-state index contributed by atoms with van der Waals surface area (Å²) in [5.41, 5.74) is 0.278. The fourth-order valence-corrected chi connectivity index (χ4v) is 4.76. The minimum absolute atomic E-state index is 0.152. The Kier molecular flexibility index (Phi) is 4.67. The second-order valence-electron chi connectivity index (χ2n) is 6.08. The van der Waals surface area contributed by atoms with E-state index in [2.05, 4.69) is 0 Å². The predicted molar refractivity (Wildman–Crippen MR) is 89.2 cm³/mol. The van der Waals surface area contributed by atoms with E-state index in [1.807, 2.05) is 6.92 Å². The van der Waals surface area contributed by atoms with Gasteiger partial charge < -0.3 is 4.90 Å². The molecule has 0 spiro atoms. The van der Waals surface area contributed by atoms with Crippen LogP contribution in [0, 0.1) is 0 Å². The van der Waals surface area contributed by atoms with Crippen LogP contribution in [0.4, 0.5) is 0 Å². The first-order chi connectivity index (χ1) is 10.9. The summed E-state index contributed by atoms with van der Waals surface area (Å²) in [4.78, 5) is 14.6. The predicted octanol–water partition coefficient (Wildman–Crippen LogP) is 2.75. The minimum atomic E-state index is -3.54. The second kappa shape index (κ2) is 6.42. The Morgan fingerprint density at radius 3 is 2.52 bits per heavy atom. The molecule has 2 fully saturated rings. The van der Waals surface area contributed by atoms with Crippen molar-refractivity contribution in [3.8, 4) is 0 Å². The first-order valence-electron chi connectivity index (χ1n) is 8.06. The first-order valence-corrected chi connectivity index (χ1v) is 9.87. The van der Waals surface area contributed by atoms with E-state index in [1.165, 1.54) is 22.5 Å². The number of rotatable bonds is 5. The molecule has 1 aromatic rings. The maximum absolute atomic E-state index is 12.7. The van der Waals surface area contributed by atoms with Crippen LogP contribution in [-0.2, 0) is 10.0 Å². The number of hydrogen-bond acceptors (Lipinski definition) is 3. The Morgan fingerprint density at radius 2 is 1.96 bits per heavy atom. The number of carbonyl (C=O) groups is 1. The molecule has 0 radical (unpaired) electrons. The van der Waals surface area contributed by atoms with Gasteiger partial charge >= 0.3 is 0 Å². The fraction of sp³-hybridized carbons (Fsp3) is 0.562. The molecule has 126 valence electrons. The van der Waals surface area contributed by atoms with E-state index in [-0.39, 0.29) is 22.4 Å². The van der Waals surface area contributed by atoms with Gasteiger partial charge in [0.1, 0.15) is 0 Å². The molecule has 0 aromatic heterocycles. The van der Waals surface area contributed by atoms with Gasteiger partial charge in [0.05, 0.1) is 15.5 Å². The van der Waals surface area contributed by atoms with Crippen molar-refractivity contribution >= 4 is 27.5 Å². The maximum Gasteiger partial charge on any atom is 0.255 e. The van der Waals surface area contributed by atoms with Crippen molar-refractivity contribution in [3.05, 3.63) is 28.8 Å². The van der Waals surface area contributed by atoms with Gasteiger partial charge in [-0.2, -0.15) is 4.31 Å². The van der Waals surface area contributed by atoms with Crippen molar-refractivity contribution in [2.45, 2.75) is 43.5 Å². The van der Waals surface area contributed by atoms with Crippen molar-refractivity contribution in [1.82, 2.24) is 9.21 Å². The highest BCUT2D eigenvalue weighted by atomic mass is 35.5. The summed E-state index contributed by atoms with van der Waals surface area (Å²) in [5.74, 6) is -0.182. The standard InChI is InChI=1S/C16H21ClN2O3S/c1-2-19(12-5-6-12)16(20)14-11-13(7-8-15(14)17)23(21,22)18-9-3-4-10-18/h7-8,11-12H,2-6,9-10H2,1H3. The lowest BCUT2D eigenvalue weighted by atomic mass is 10.2. The molecule has 1 aromatic carbocycles. The molecule has 5 nitrogen and oxygen atoms in total. The SMILES string of the molecule is CCN(C(=O)c1cc(S(=O)(=O)N2CCCC2)ccc1Cl)C1CC1. The van der Waals surface area contributed by atoms with E-state index < -0.39 is 10.0 Å². The fourth-order valence-electron chi connectivity index (χ4n) is 3.01. The molecule has 0 bridgehead atoms. The summed E-state index contributed by atoms with van der Waals surface area (Å²) in [6, 6.07) is 4.70. The number of carbonyl (C=O) groups excluding carboxylic acids is 1. The minimum Gasteiger partial charge on any atom is -0.336 e. The molecule has 1 aliphatic heterocycles. The van der Waals surface area contributed by atoms with Crippen LogP contribution in [0.2, 0.25) is 5.02 Å². The summed E-state index contributed by atoms with van der Waals surface area (Å²) in [6.07, 6.45) is 3.76. The third-order valence-corrected chi connectivity index (χ3v) is 6.68. The van der Waals surface area contributed by atoms with Crippen LogP contribution in [0.1, 0.15) is 43.0 Å². The van der Waals surface area contributed by atoms with Crippen molar-refractivity contribution in [2.24, 2.45) is 0 Å². The molecular weight excluding hydrogens is 336 g/mol. The lowest BCUT2D eigenvalue weighted by Crippen LogP contribution is -2.33. The van der Waals surface area contributed by atoms with Crippen LogP contribution in [-0.4, -0.2) is 49.2 Å². The van der Waals surface area contributed by atoms with Crippen LogP contribution >= 0.6 is 11.6 Å². The molecule has 1 saturated carbocycles. The Hall–Kier alpha value is -1.11. The molecule has 7 heteroatoms. The van der Waals surface area contributed by atoms with Crippen LogP contribution in [0.25, 0.3) is 0 Å². The van der Waals surface area contributed by atoms with E-state index >= 15 is 0 Å². The molecule has 1 heterocycles. The highest BCUT2D eigenvalue weighted by Crippen LogP contribution is 2.31. The molecule has 1 aliphatic carbocycles. The van der Waals surface area contributed by atoms with Gasteiger partial charge in [0.25, 0.3) is 5.91 Å². The number of sulfonamides is 1. The van der Waals surface area contributed by atoms with Gasteiger partial charge in [0.2, 0.25) is 10.0 Å². The zero-order valence-electron chi connectivity index (χ0n) is 13.2. The van der Waals surface area contributed by atoms with E-state index in [4.69, 9.17) is 11.6 Å². The number of amides is 1. The molecular formula is C16H21ClN2O3S. The van der Waals surface area contributed by atoms with Gasteiger partial charge in [-0.1, -0.05) is 11.6 Å². The summed E-state index contributed by atoms with van der Waals surface area (Å²) in [5, 5.41) is 0.300. The molecule has 3 rings (SSSR count). The average molecular weight is 357 g/mol. The van der Waals surface area contributed by atoms with Gasteiger partial charge in [-0.05, 0) is 50.8 Å². The summed E-state index contributed by atoms with van der Waals surface area (Å²) >= 11 is 6.17. The molecule has 2 aliphatic rings. The van der Waals surface area contributed by atoms with Crippen molar-refractivity contribution in [1.29, 1.82) is 0 Å². The third-order valence-electron chi connectivity index (χ3n) is 4.46. The molecule has 23 heavy (non-hydrogen) atoms. The Labute approximate surface area is 142 Å². The summed E-state index contributed by atoms with van der Waals surface area (Å²) < 4.78 is 26.8. The van der Waals surface area contributed by atoms with Gasteiger partial charge in [-0.25, -0.2) is 8.42 Å². The Morgan fingerprint density at radius 1 is 1.30 bits per heavy atom. The van der Waals surface area contributed by atoms with Gasteiger partial charge in [-0.15, -0.1) is 0 Å². The molecule has 0 atom stereocenters. The molecule has 1 saturated heterocycles. The van der Waals surface area contributed by atoms with Crippen LogP contribution in [0.3, 0.4) is 0 Å². The van der Waals surface area contributed by atoms with Crippen LogP contribution in [0.15, 0.2) is 23.1 Å². The largest absolute Gasteiger partial charge is 0.336 e. The van der Waals surface area contributed by atoms with Gasteiger partial charge in [0, 0.05) is 25.7 Å². The smallest absolute Gasteiger partial charge is 0.255 e. The summed E-state index contributed by atoms with van der Waals surface area (Å²) in [6.45, 7) is 3.60. The van der Waals surface area contributed by atoms with E-state index in [9.17, 15) is 13.2 Å². The quantitative estimate of drug-likeness (QED) is 0.815. The zero-order valence-corrected chi connectivity index (χ0v) is 14.7. The highest BCUT2D eigenvalue weighted by Gasteiger charge is 2.34. The molecule has 0 unspecified atom stereocenters. The normalized spacial score (nSPS) is 19.0. The maximum atomic E-state index is 12.7. The Balaban J connectivity index is 1.94. The van der Waals surface area contributed by atoms with Crippen molar-refractivity contribution < 1.29 is 13.2 Å². The van der Waals surface area contributed by atoms with Crippen molar-refractivity contribution in [2.75, 3.05) is 19.6 Å². The number of hydrogen-bond donors (Lipinski definition) is 0. The van der Waals surface area contributed by atoms with Crippen LogP contribution < -0.4 is 0 Å². The first kappa shape index (κ1) is 16.7. The monoisotopic (exact) mass is 356 g/mol. The van der Waals surface area contributed by atoms with Gasteiger partial charge in [-0.3, -0.25) is 4.79 Å². The number of benzene rings is 1. The summed E-state index contributed by atoms with van der Waals surface area (Å²) in [7, 11) is -3.54. The highest BCUT2D eigenvalue weighted by molar-refractivity contribution is 7.89. The third kappa shape index (κ3) is 3.25. The average Bonchev–Trinajstić information content (AvgIpc) is 3.19. The number of halogens is 1. The lowest BCUT2D eigenvalue weighted by Gasteiger charge is -2.22. The Bertz CT molecular complexity index is 710. The second-order valence-corrected chi connectivity index (χ2v) is 8.42. The van der Waals surface area contributed by atoms with Crippen molar-refractivity contribution in [3.63, 3.8) is 0 Å². The van der Waals surface area contributed by atoms with E-state index in [0.717, 1.165) is 25.7 Å². The molecule has 0 N–H and O–H groups in total. The lowest BCUT2D eigenvalue weighted by molar-refractivity contribution is 0.0752. The van der Waals surface area contributed by atoms with Crippen LogP contribution in [0.5, 0.6) is 0 Å². The van der Waals surface area contributed by atoms with Gasteiger partial charge in [0.15, 0.2) is 0 Å². The molecule has 1 amide bonds. The van der Waals surface area contributed by atoms with E-state index in [0.29, 0.717) is 24.7 Å². The zero-order chi connectivity index (χ0) is 16.6.